The van der Waals surface area contributed by atoms with Gasteiger partial charge in [-0.05, 0) is 28.9 Å². The molecule has 78 valence electrons. The Morgan fingerprint density at radius 1 is 1.53 bits per heavy atom. The molecule has 0 amide bonds. The van der Waals surface area contributed by atoms with E-state index in [2.05, 4.69) is 15.4 Å². The van der Waals surface area contributed by atoms with Crippen LogP contribution in [-0.2, 0) is 31.0 Å². The van der Waals surface area contributed by atoms with Crippen molar-refractivity contribution in [1.29, 1.82) is 0 Å². The second kappa shape index (κ2) is 6.80. The van der Waals surface area contributed by atoms with Crippen molar-refractivity contribution in [2.75, 3.05) is 7.11 Å². The van der Waals surface area contributed by atoms with E-state index in [-0.39, 0.29) is 36.2 Å². The van der Waals surface area contributed by atoms with E-state index in [1.54, 1.807) is 24.3 Å². The summed E-state index contributed by atoms with van der Waals surface area (Å²) in [6.45, 7) is -0.0664. The molecule has 0 aliphatic rings. The molecule has 0 N–H and O–H groups in total. The predicted molar refractivity (Wildman–Crippen MR) is 54.1 cm³/mol. The zero-order valence-electron chi connectivity index (χ0n) is 8.47. The van der Waals surface area contributed by atoms with Gasteiger partial charge in [0.15, 0.2) is 0 Å². The Kier molecular flexibility index (Phi) is 6.94. The van der Waals surface area contributed by atoms with Crippen LogP contribution in [0.5, 0.6) is 5.75 Å². The molecule has 0 radical (unpaired) electrons. The molecule has 0 heterocycles. The van der Waals surface area contributed by atoms with Gasteiger partial charge >= 0.3 is 29.6 Å². The third-order valence-electron chi connectivity index (χ3n) is 1.50. The molecule has 0 aliphatic carbocycles. The Balaban J connectivity index is 0.00000196. The third-order valence-corrected chi connectivity index (χ3v) is 2.20. The summed E-state index contributed by atoms with van der Waals surface area (Å²) in [6.07, 6.45) is 0. The van der Waals surface area contributed by atoms with E-state index in [0.717, 1.165) is 0 Å². The third kappa shape index (κ3) is 6.47. The molecule has 1 aromatic rings. The second-order valence-electron chi connectivity index (χ2n) is 2.52. The first-order valence-corrected chi connectivity index (χ1v) is 6.08. The van der Waals surface area contributed by atoms with Gasteiger partial charge in [0.25, 0.3) is 0 Å². The average molecular weight is 256 g/mol. The maximum atomic E-state index is 10.5. The van der Waals surface area contributed by atoms with Gasteiger partial charge in [0.2, 0.25) is 0 Å². The zero-order chi connectivity index (χ0) is 10.6. The summed E-state index contributed by atoms with van der Waals surface area (Å²) in [5.41, 5.74) is 0.692. The molecule has 4 nitrogen and oxygen atoms in total. The molecule has 0 aliphatic heterocycles. The van der Waals surface area contributed by atoms with Crippen LogP contribution in [0.15, 0.2) is 24.3 Å². The minimum atomic E-state index is -3.80. The van der Waals surface area contributed by atoms with Crippen molar-refractivity contribution in [3.8, 4) is 5.75 Å². The van der Waals surface area contributed by atoms with Gasteiger partial charge in [0, 0.05) is 0 Å². The fourth-order valence-corrected chi connectivity index (χ4v) is 1.33. The van der Waals surface area contributed by atoms with Gasteiger partial charge in [-0.1, -0.05) is 12.1 Å². The first kappa shape index (κ1) is 15.3. The monoisotopic (exact) mass is 256 g/mol. The minimum absolute atomic E-state index is 0. The predicted octanol–water partition coefficient (Wildman–Crippen LogP) is -1.99. The van der Waals surface area contributed by atoms with Crippen molar-refractivity contribution in [1.82, 2.24) is 0 Å². The van der Waals surface area contributed by atoms with E-state index in [9.17, 15) is 8.76 Å². The molecule has 1 unspecified atom stereocenters. The number of hydrogen-bond donors (Lipinski definition) is 0. The van der Waals surface area contributed by atoms with Crippen LogP contribution in [0.2, 0.25) is 0 Å². The van der Waals surface area contributed by atoms with Crippen molar-refractivity contribution in [3.63, 3.8) is 0 Å². The van der Waals surface area contributed by atoms with Crippen LogP contribution >= 0.6 is 0 Å². The van der Waals surface area contributed by atoms with Gasteiger partial charge < -0.3 is 9.29 Å². The number of methoxy groups -OCH3 is 1. The molecule has 0 saturated carbocycles. The summed E-state index contributed by atoms with van der Waals surface area (Å²) in [5.74, 6) is 0.646. The number of rotatable bonds is 4. The van der Waals surface area contributed by atoms with E-state index in [1.807, 2.05) is 0 Å². The van der Waals surface area contributed by atoms with E-state index < -0.39 is 9.05 Å². The molecule has 0 bridgehead atoms. The maximum absolute atomic E-state index is 10.5. The molecular weight excluding hydrogens is 247 g/mol. The molecule has 15 heavy (non-hydrogen) atoms. The summed E-state index contributed by atoms with van der Waals surface area (Å²) in [5, 5.41) is 0. The first-order valence-electron chi connectivity index (χ1n) is 3.74. The zero-order valence-corrected chi connectivity index (χ0v) is 12.1. The summed E-state index contributed by atoms with van der Waals surface area (Å²) >= 11 is 4.06. The van der Waals surface area contributed by atoms with Gasteiger partial charge in [-0.2, -0.15) is 0 Å². The molecule has 1 aromatic carbocycles. The summed E-state index contributed by atoms with van der Waals surface area (Å²) in [4.78, 5) is 0. The quantitative estimate of drug-likeness (QED) is 0.584. The van der Waals surface area contributed by atoms with Gasteiger partial charge in [0.05, 0.1) is 22.8 Å². The smallest absolute Gasteiger partial charge is 0.748 e. The van der Waals surface area contributed by atoms with Gasteiger partial charge in [0.1, 0.15) is 5.75 Å². The van der Waals surface area contributed by atoms with Crippen LogP contribution in [0.1, 0.15) is 5.56 Å². The Morgan fingerprint density at radius 2 is 2.20 bits per heavy atom. The summed E-state index contributed by atoms with van der Waals surface area (Å²) < 4.78 is 30.4. The van der Waals surface area contributed by atoms with Gasteiger partial charge in [-0.3, -0.25) is 4.18 Å². The van der Waals surface area contributed by atoms with Crippen molar-refractivity contribution in [3.05, 3.63) is 29.8 Å². The van der Waals surface area contributed by atoms with E-state index >= 15 is 0 Å². The molecule has 1 rings (SSSR count). The van der Waals surface area contributed by atoms with E-state index in [4.69, 9.17) is 4.74 Å². The van der Waals surface area contributed by atoms with Crippen molar-refractivity contribution >= 4 is 20.2 Å². The summed E-state index contributed by atoms with van der Waals surface area (Å²) in [7, 11) is -2.27. The van der Waals surface area contributed by atoms with Crippen LogP contribution in [0.4, 0.5) is 0 Å². The van der Waals surface area contributed by atoms with E-state index in [1.165, 1.54) is 7.11 Å². The molecule has 0 aromatic heterocycles. The van der Waals surface area contributed by atoms with Gasteiger partial charge in [-0.25, -0.2) is 4.21 Å². The van der Waals surface area contributed by atoms with Crippen molar-refractivity contribution < 1.29 is 47.2 Å². The second-order valence-corrected chi connectivity index (χ2v) is 4.80. The van der Waals surface area contributed by atoms with Crippen LogP contribution in [0.3, 0.4) is 0 Å². The average Bonchev–Trinajstić information content (AvgIpc) is 2.14. The molecule has 0 spiro atoms. The number of benzene rings is 1. The van der Waals surface area contributed by atoms with Crippen LogP contribution < -0.4 is 34.3 Å². The van der Waals surface area contributed by atoms with Crippen LogP contribution in [0, 0.1) is 0 Å². The largest absolute Gasteiger partial charge is 1.00 e. The fourth-order valence-electron chi connectivity index (χ4n) is 0.902. The summed E-state index contributed by atoms with van der Waals surface area (Å²) in [6, 6.07) is 6.91. The normalized spacial score (nSPS) is 13.7. The van der Waals surface area contributed by atoms with Gasteiger partial charge in [-0.15, -0.1) is 0 Å². The number of ether oxygens (including phenoxy) is 1. The fraction of sp³-hybridized carbons (Fsp3) is 0.250. The Bertz CT molecular complexity index is 405. The molecule has 0 saturated heterocycles. The molecular formula is C8H9NaO4S2. The van der Waals surface area contributed by atoms with Crippen LogP contribution in [0.25, 0.3) is 0 Å². The Hall–Kier alpha value is 0.310. The number of hydrogen-bond acceptors (Lipinski definition) is 5. The Labute approximate surface area is 116 Å². The Morgan fingerprint density at radius 3 is 2.73 bits per heavy atom. The molecule has 7 heteroatoms. The standard InChI is InChI=1S/C8H10O4S2.Na/c1-11-8-4-2-3-7(5-8)6-12-14(9,10)13;/h2-5H,6H2,1H3,(H,9,10,13);/q;+1/p-1. The molecule has 0 fully saturated rings. The van der Waals surface area contributed by atoms with Crippen LogP contribution in [-0.4, -0.2) is 15.9 Å². The molecule has 1 atom stereocenters. The SMILES string of the molecule is COc1cccc(COS(=O)([O-])=S)c1.[Na+]. The maximum Gasteiger partial charge on any atom is 1.00 e. The van der Waals surface area contributed by atoms with Crippen molar-refractivity contribution in [2.24, 2.45) is 0 Å². The topological polar surface area (TPSA) is 58.6 Å². The van der Waals surface area contributed by atoms with Crippen molar-refractivity contribution in [2.45, 2.75) is 6.61 Å². The minimum Gasteiger partial charge on any atom is -0.748 e. The van der Waals surface area contributed by atoms with E-state index in [0.29, 0.717) is 11.3 Å². The first-order chi connectivity index (χ1) is 6.51.